The molecule has 3 rings (SSSR count). The number of aliphatic carboxylic acids is 1. The zero-order valence-electron chi connectivity index (χ0n) is 15.0. The Hall–Kier alpha value is -2.30. The van der Waals surface area contributed by atoms with Gasteiger partial charge in [0, 0.05) is 0 Å². The van der Waals surface area contributed by atoms with Gasteiger partial charge in [0.25, 0.3) is 0 Å². The van der Waals surface area contributed by atoms with E-state index >= 15 is 0 Å². The number of aryl methyl sites for hydroxylation is 1. The van der Waals surface area contributed by atoms with Gasteiger partial charge in [-0.1, -0.05) is 0 Å². The molecule has 2 atom stereocenters. The third-order valence-electron chi connectivity index (χ3n) is 4.51. The number of likely N-dealkylation sites (tertiary alicyclic amines) is 1. The predicted octanol–water partition coefficient (Wildman–Crippen LogP) is 2.73. The first-order chi connectivity index (χ1) is 13.1. The van der Waals surface area contributed by atoms with E-state index in [9.17, 15) is 14.7 Å². The molecule has 1 heterocycles. The van der Waals surface area contributed by atoms with Crippen molar-refractivity contribution < 1.29 is 19.4 Å². The van der Waals surface area contributed by atoms with Crippen LogP contribution < -0.4 is 4.46 Å². The van der Waals surface area contributed by atoms with Crippen LogP contribution in [-0.2, 0) is 16.0 Å². The van der Waals surface area contributed by atoms with Crippen molar-refractivity contribution in [1.82, 2.24) is 4.90 Å². The molecule has 0 aliphatic carbocycles. The first kappa shape index (κ1) is 19.5. The molecular formula is C21H23NO4Se. The van der Waals surface area contributed by atoms with E-state index < -0.39 is 18.1 Å². The molecule has 6 heteroatoms. The van der Waals surface area contributed by atoms with Gasteiger partial charge >= 0.3 is 165 Å². The standard InChI is InChI=1S/C21H23NO4Se/c23-20(24)19-14-18(27-17-11-5-2-6-12-17)15-22(19)21(25)26-13-7-10-16-8-3-1-4-9-16/h1-6,8-9,11-12,18-19H,7,10,13-15H2,(H,23,24)/t18-,19-/m0/s1. The van der Waals surface area contributed by atoms with Gasteiger partial charge in [-0.15, -0.1) is 0 Å². The molecular weight excluding hydrogens is 409 g/mol. The average Bonchev–Trinajstić information content (AvgIpc) is 3.11. The van der Waals surface area contributed by atoms with Crippen LogP contribution in [0.2, 0.25) is 4.82 Å². The fourth-order valence-electron chi connectivity index (χ4n) is 3.17. The second kappa shape index (κ2) is 9.58. The zero-order valence-corrected chi connectivity index (χ0v) is 16.7. The summed E-state index contributed by atoms with van der Waals surface area (Å²) in [5, 5.41) is 9.49. The van der Waals surface area contributed by atoms with Gasteiger partial charge in [-0.3, -0.25) is 0 Å². The molecule has 5 nitrogen and oxygen atoms in total. The molecule has 1 aliphatic rings. The molecule has 0 unspecified atom stereocenters. The number of carbonyl (C=O) groups is 2. The molecule has 0 aromatic heterocycles. The van der Waals surface area contributed by atoms with Crippen LogP contribution in [0.3, 0.4) is 0 Å². The van der Waals surface area contributed by atoms with Crippen molar-refractivity contribution in [1.29, 1.82) is 0 Å². The summed E-state index contributed by atoms with van der Waals surface area (Å²) >= 11 is 0.136. The topological polar surface area (TPSA) is 66.8 Å². The van der Waals surface area contributed by atoms with E-state index in [1.54, 1.807) is 0 Å². The number of nitrogens with zero attached hydrogens (tertiary/aromatic N) is 1. The first-order valence-corrected chi connectivity index (χ1v) is 10.9. The van der Waals surface area contributed by atoms with Crippen molar-refractivity contribution in [2.75, 3.05) is 13.2 Å². The number of carboxylic acid groups (broad SMARTS) is 1. The van der Waals surface area contributed by atoms with Crippen LogP contribution >= 0.6 is 0 Å². The van der Waals surface area contributed by atoms with E-state index in [0.717, 1.165) is 12.8 Å². The summed E-state index contributed by atoms with van der Waals surface area (Å²) in [5.41, 5.74) is 1.20. The van der Waals surface area contributed by atoms with E-state index in [-0.39, 0.29) is 19.8 Å². The van der Waals surface area contributed by atoms with E-state index in [1.807, 2.05) is 48.5 Å². The fraction of sp³-hybridized carbons (Fsp3) is 0.333. The number of rotatable bonds is 7. The second-order valence-corrected chi connectivity index (χ2v) is 9.38. The third kappa shape index (κ3) is 5.59. The average molecular weight is 432 g/mol. The summed E-state index contributed by atoms with van der Waals surface area (Å²) in [5.74, 6) is -0.956. The molecule has 142 valence electrons. The number of carbonyl (C=O) groups excluding carboxylic acids is 1. The van der Waals surface area contributed by atoms with Crippen LogP contribution in [0, 0.1) is 0 Å². The van der Waals surface area contributed by atoms with Crippen LogP contribution in [0.1, 0.15) is 18.4 Å². The summed E-state index contributed by atoms with van der Waals surface area (Å²) in [4.78, 5) is 25.6. The third-order valence-corrected chi connectivity index (χ3v) is 7.06. The molecule has 0 saturated carbocycles. The Bertz CT molecular complexity index is 753. The normalized spacial score (nSPS) is 19.0. The van der Waals surface area contributed by atoms with Crippen molar-refractivity contribution in [3.8, 4) is 0 Å². The molecule has 0 bridgehead atoms. The number of hydrogen-bond acceptors (Lipinski definition) is 3. The van der Waals surface area contributed by atoms with Gasteiger partial charge in [0.2, 0.25) is 0 Å². The molecule has 1 fully saturated rings. The molecule has 27 heavy (non-hydrogen) atoms. The van der Waals surface area contributed by atoms with Crippen molar-refractivity contribution in [2.45, 2.75) is 30.1 Å². The van der Waals surface area contributed by atoms with Crippen molar-refractivity contribution in [3.05, 3.63) is 66.2 Å². The SMILES string of the molecule is O=C(O)[C@@H]1C[C@H]([Se]c2ccccc2)CN1C(=O)OCCCc1ccccc1. The maximum absolute atomic E-state index is 12.4. The molecule has 0 radical (unpaired) electrons. The summed E-state index contributed by atoms with van der Waals surface area (Å²) in [7, 11) is 0. The molecule has 1 saturated heterocycles. The van der Waals surface area contributed by atoms with Crippen LogP contribution in [-0.4, -0.2) is 56.2 Å². The molecule has 0 spiro atoms. The van der Waals surface area contributed by atoms with E-state index in [1.165, 1.54) is 14.9 Å². The number of carboxylic acids is 1. The zero-order chi connectivity index (χ0) is 19.1. The van der Waals surface area contributed by atoms with Crippen molar-refractivity contribution in [3.63, 3.8) is 0 Å². The molecule has 1 aliphatic heterocycles. The van der Waals surface area contributed by atoms with Gasteiger partial charge in [0.15, 0.2) is 0 Å². The fourth-order valence-corrected chi connectivity index (χ4v) is 5.72. The Morgan fingerprint density at radius 1 is 1.07 bits per heavy atom. The minimum atomic E-state index is -0.956. The van der Waals surface area contributed by atoms with Gasteiger partial charge in [-0.05, 0) is 0 Å². The summed E-state index contributed by atoms with van der Waals surface area (Å²) in [6.07, 6.45) is 1.53. The Balaban J connectivity index is 1.50. The molecule has 1 N–H and O–H groups in total. The summed E-state index contributed by atoms with van der Waals surface area (Å²) < 4.78 is 6.58. The minimum absolute atomic E-state index is 0.136. The monoisotopic (exact) mass is 433 g/mol. The van der Waals surface area contributed by atoms with Gasteiger partial charge < -0.3 is 0 Å². The first-order valence-electron chi connectivity index (χ1n) is 9.05. The van der Waals surface area contributed by atoms with Gasteiger partial charge in [-0.2, -0.15) is 0 Å². The van der Waals surface area contributed by atoms with E-state index in [4.69, 9.17) is 4.74 Å². The van der Waals surface area contributed by atoms with Crippen molar-refractivity contribution >= 4 is 31.5 Å². The molecule has 1 amide bonds. The number of amides is 1. The summed E-state index contributed by atoms with van der Waals surface area (Å²) in [6, 6.07) is 19.3. The van der Waals surface area contributed by atoms with Gasteiger partial charge in [-0.25, -0.2) is 0 Å². The van der Waals surface area contributed by atoms with Crippen LogP contribution in [0.15, 0.2) is 60.7 Å². The van der Waals surface area contributed by atoms with E-state index in [0.29, 0.717) is 19.6 Å². The number of benzene rings is 2. The van der Waals surface area contributed by atoms with E-state index in [2.05, 4.69) is 12.1 Å². The Labute approximate surface area is 165 Å². The van der Waals surface area contributed by atoms with Crippen molar-refractivity contribution in [2.24, 2.45) is 0 Å². The Morgan fingerprint density at radius 2 is 1.74 bits per heavy atom. The van der Waals surface area contributed by atoms with Gasteiger partial charge in [0.05, 0.1) is 0 Å². The van der Waals surface area contributed by atoms with Crippen LogP contribution in [0.25, 0.3) is 0 Å². The maximum atomic E-state index is 12.4. The quantitative estimate of drug-likeness (QED) is 0.540. The summed E-state index contributed by atoms with van der Waals surface area (Å²) in [6.45, 7) is 0.744. The predicted molar refractivity (Wildman–Crippen MR) is 104 cm³/mol. The van der Waals surface area contributed by atoms with Crippen LogP contribution in [0.5, 0.6) is 0 Å². The van der Waals surface area contributed by atoms with Gasteiger partial charge in [0.1, 0.15) is 0 Å². The number of ether oxygens (including phenoxy) is 1. The Kier molecular flexibility index (Phi) is 6.91. The van der Waals surface area contributed by atoms with Crippen LogP contribution in [0.4, 0.5) is 4.79 Å². The second-order valence-electron chi connectivity index (χ2n) is 6.50. The number of hydrogen-bond donors (Lipinski definition) is 1. The molecule has 2 aromatic rings. The molecule has 2 aromatic carbocycles. The Morgan fingerprint density at radius 3 is 2.41 bits per heavy atom.